The van der Waals surface area contributed by atoms with Gasteiger partial charge in [0.25, 0.3) is 0 Å². The highest BCUT2D eigenvalue weighted by Crippen LogP contribution is 2.56. The fourth-order valence-corrected chi connectivity index (χ4v) is 4.88. The number of hydrogen-bond donors (Lipinski definition) is 2. The van der Waals surface area contributed by atoms with Crippen LogP contribution in [0.4, 0.5) is 0 Å². The van der Waals surface area contributed by atoms with Gasteiger partial charge in [0, 0.05) is 12.5 Å². The highest BCUT2D eigenvalue weighted by atomic mass is 16.3. The van der Waals surface area contributed by atoms with E-state index in [1.54, 1.807) is 6.92 Å². The molecule has 4 saturated carbocycles. The first-order valence-corrected chi connectivity index (χ1v) is 7.59. The van der Waals surface area contributed by atoms with Crippen LogP contribution in [0.3, 0.4) is 0 Å². The monoisotopic (exact) mass is 251 g/mol. The van der Waals surface area contributed by atoms with E-state index in [1.807, 2.05) is 0 Å². The highest BCUT2D eigenvalue weighted by molar-refractivity contribution is 5.79. The Bertz CT molecular complexity index is 298. The zero-order chi connectivity index (χ0) is 12.7. The SMILES string of the molecule is CC(O)CCNC(=O)C1C2CC3CC(C2)CC1C3. The summed E-state index contributed by atoms with van der Waals surface area (Å²) in [5.74, 6) is 3.72. The van der Waals surface area contributed by atoms with Gasteiger partial charge in [-0.15, -0.1) is 0 Å². The molecule has 1 atom stereocenters. The number of nitrogens with one attached hydrogen (secondary N) is 1. The molecule has 18 heavy (non-hydrogen) atoms. The topological polar surface area (TPSA) is 49.3 Å². The van der Waals surface area contributed by atoms with Crippen LogP contribution >= 0.6 is 0 Å². The number of aliphatic hydroxyl groups is 1. The van der Waals surface area contributed by atoms with Crippen molar-refractivity contribution >= 4 is 5.91 Å². The minimum absolute atomic E-state index is 0.268. The summed E-state index contributed by atoms with van der Waals surface area (Å²) in [5, 5.41) is 12.3. The molecule has 0 saturated heterocycles. The number of aliphatic hydroxyl groups excluding tert-OH is 1. The Morgan fingerprint density at radius 3 is 2.22 bits per heavy atom. The van der Waals surface area contributed by atoms with Gasteiger partial charge in [0.2, 0.25) is 5.91 Å². The molecule has 1 unspecified atom stereocenters. The Hall–Kier alpha value is -0.570. The number of rotatable bonds is 4. The molecule has 0 spiro atoms. The van der Waals surface area contributed by atoms with Crippen molar-refractivity contribution in [2.45, 2.75) is 51.6 Å². The predicted molar refractivity (Wildman–Crippen MR) is 69.8 cm³/mol. The van der Waals surface area contributed by atoms with Crippen LogP contribution in [0.25, 0.3) is 0 Å². The molecule has 3 heteroatoms. The van der Waals surface area contributed by atoms with E-state index < -0.39 is 0 Å². The van der Waals surface area contributed by atoms with Gasteiger partial charge in [-0.3, -0.25) is 4.79 Å². The van der Waals surface area contributed by atoms with Gasteiger partial charge in [-0.1, -0.05) is 0 Å². The van der Waals surface area contributed by atoms with Crippen LogP contribution in [0, 0.1) is 29.6 Å². The molecule has 4 rings (SSSR count). The lowest BCUT2D eigenvalue weighted by molar-refractivity contribution is -0.138. The Morgan fingerprint density at radius 2 is 1.72 bits per heavy atom. The van der Waals surface area contributed by atoms with Crippen LogP contribution in [0.5, 0.6) is 0 Å². The molecule has 102 valence electrons. The lowest BCUT2D eigenvalue weighted by Gasteiger charge is -2.53. The molecule has 0 aromatic rings. The molecule has 4 aliphatic rings. The maximum absolute atomic E-state index is 12.3. The van der Waals surface area contributed by atoms with Crippen molar-refractivity contribution in [2.24, 2.45) is 29.6 Å². The lowest BCUT2D eigenvalue weighted by atomic mass is 9.51. The van der Waals surface area contributed by atoms with Crippen molar-refractivity contribution in [2.75, 3.05) is 6.54 Å². The van der Waals surface area contributed by atoms with Crippen LogP contribution in [-0.2, 0) is 4.79 Å². The molecular formula is C15H25NO2. The highest BCUT2D eigenvalue weighted by Gasteiger charge is 2.50. The maximum Gasteiger partial charge on any atom is 0.223 e. The minimum Gasteiger partial charge on any atom is -0.393 e. The van der Waals surface area contributed by atoms with Crippen molar-refractivity contribution in [3.63, 3.8) is 0 Å². The smallest absolute Gasteiger partial charge is 0.223 e. The average molecular weight is 251 g/mol. The first-order chi connectivity index (χ1) is 8.63. The average Bonchev–Trinajstić information content (AvgIpc) is 2.26. The van der Waals surface area contributed by atoms with Crippen molar-refractivity contribution < 1.29 is 9.90 Å². The van der Waals surface area contributed by atoms with E-state index in [9.17, 15) is 9.90 Å². The first kappa shape index (κ1) is 12.5. The number of amides is 1. The summed E-state index contributed by atoms with van der Waals surface area (Å²) in [4.78, 5) is 12.3. The van der Waals surface area contributed by atoms with Crippen LogP contribution in [-0.4, -0.2) is 23.7 Å². The molecule has 0 aliphatic heterocycles. The number of hydrogen-bond acceptors (Lipinski definition) is 2. The van der Waals surface area contributed by atoms with Crippen molar-refractivity contribution in [3.8, 4) is 0 Å². The molecule has 4 bridgehead atoms. The zero-order valence-corrected chi connectivity index (χ0v) is 11.3. The van der Waals surface area contributed by atoms with Crippen molar-refractivity contribution in [1.29, 1.82) is 0 Å². The Balaban J connectivity index is 1.57. The van der Waals surface area contributed by atoms with Crippen molar-refractivity contribution in [1.82, 2.24) is 5.32 Å². The van der Waals surface area contributed by atoms with Gasteiger partial charge >= 0.3 is 0 Å². The summed E-state index contributed by atoms with van der Waals surface area (Å²) in [6.45, 7) is 2.40. The third kappa shape index (κ3) is 2.29. The van der Waals surface area contributed by atoms with E-state index in [4.69, 9.17) is 0 Å². The minimum atomic E-state index is -0.316. The Kier molecular flexibility index (Phi) is 3.35. The predicted octanol–water partition coefficient (Wildman–Crippen LogP) is 1.95. The van der Waals surface area contributed by atoms with Crippen LogP contribution in [0.2, 0.25) is 0 Å². The van der Waals surface area contributed by atoms with Gasteiger partial charge in [0.1, 0.15) is 0 Å². The molecule has 4 fully saturated rings. The lowest BCUT2D eigenvalue weighted by Crippen LogP contribution is -2.51. The van der Waals surface area contributed by atoms with Crippen LogP contribution < -0.4 is 5.32 Å². The van der Waals surface area contributed by atoms with E-state index in [2.05, 4.69) is 5.32 Å². The van der Waals surface area contributed by atoms with Crippen molar-refractivity contribution in [3.05, 3.63) is 0 Å². The summed E-state index contributed by atoms with van der Waals surface area (Å²) in [7, 11) is 0. The van der Waals surface area contributed by atoms with E-state index in [1.165, 1.54) is 32.1 Å². The number of carbonyl (C=O) groups excluding carboxylic acids is 1. The second kappa shape index (κ2) is 4.84. The van der Waals surface area contributed by atoms with Gasteiger partial charge in [-0.05, 0) is 69.1 Å². The maximum atomic E-state index is 12.3. The van der Waals surface area contributed by atoms with Gasteiger partial charge < -0.3 is 10.4 Å². The van der Waals surface area contributed by atoms with E-state index in [-0.39, 0.29) is 17.9 Å². The molecule has 0 aromatic heterocycles. The number of carbonyl (C=O) groups is 1. The second-order valence-electron chi connectivity index (χ2n) is 6.89. The molecule has 0 radical (unpaired) electrons. The Labute approximate surface area is 109 Å². The quantitative estimate of drug-likeness (QED) is 0.802. The van der Waals surface area contributed by atoms with E-state index >= 15 is 0 Å². The van der Waals surface area contributed by atoms with Crippen LogP contribution in [0.15, 0.2) is 0 Å². The molecule has 3 nitrogen and oxygen atoms in total. The van der Waals surface area contributed by atoms with E-state index in [0.29, 0.717) is 24.8 Å². The largest absolute Gasteiger partial charge is 0.393 e. The normalized spacial score (nSPS) is 42.9. The molecule has 0 heterocycles. The fourth-order valence-electron chi connectivity index (χ4n) is 4.88. The zero-order valence-electron chi connectivity index (χ0n) is 11.3. The molecule has 2 N–H and O–H groups in total. The van der Waals surface area contributed by atoms with Gasteiger partial charge in [0.15, 0.2) is 0 Å². The molecule has 0 aromatic carbocycles. The summed E-state index contributed by atoms with van der Waals surface area (Å²) < 4.78 is 0. The van der Waals surface area contributed by atoms with Crippen LogP contribution in [0.1, 0.15) is 45.4 Å². The Morgan fingerprint density at radius 1 is 1.17 bits per heavy atom. The first-order valence-electron chi connectivity index (χ1n) is 7.59. The summed E-state index contributed by atoms with van der Waals surface area (Å²) in [6, 6.07) is 0. The summed E-state index contributed by atoms with van der Waals surface area (Å²) in [5.41, 5.74) is 0. The van der Waals surface area contributed by atoms with Gasteiger partial charge in [0.05, 0.1) is 6.10 Å². The second-order valence-corrected chi connectivity index (χ2v) is 6.89. The molecule has 1 amide bonds. The third-order valence-electron chi connectivity index (χ3n) is 5.39. The summed E-state index contributed by atoms with van der Waals surface area (Å²) in [6.07, 6.45) is 6.96. The van der Waals surface area contributed by atoms with E-state index in [0.717, 1.165) is 11.8 Å². The third-order valence-corrected chi connectivity index (χ3v) is 5.39. The fraction of sp³-hybridized carbons (Fsp3) is 0.933. The molecule has 4 aliphatic carbocycles. The van der Waals surface area contributed by atoms with Gasteiger partial charge in [-0.25, -0.2) is 0 Å². The standard InChI is InChI=1S/C15H25NO2/c1-9(17)2-3-16-15(18)14-12-5-10-4-11(7-12)8-13(14)6-10/h9-14,17H,2-8H2,1H3,(H,16,18). The summed E-state index contributed by atoms with van der Waals surface area (Å²) >= 11 is 0. The van der Waals surface area contributed by atoms with Gasteiger partial charge in [-0.2, -0.15) is 0 Å². The molecular weight excluding hydrogens is 226 g/mol.